The number of nitrogens with one attached hydrogen (secondary N) is 1. The Morgan fingerprint density at radius 2 is 2.37 bits per heavy atom. The summed E-state index contributed by atoms with van der Waals surface area (Å²) >= 11 is 1.45. The molecule has 1 aromatic rings. The summed E-state index contributed by atoms with van der Waals surface area (Å²) in [6.45, 7) is 8.26. The molecule has 1 amide bonds. The summed E-state index contributed by atoms with van der Waals surface area (Å²) in [7, 11) is 0. The summed E-state index contributed by atoms with van der Waals surface area (Å²) < 4.78 is 0. The minimum absolute atomic E-state index is 0.0212. The van der Waals surface area contributed by atoms with Crippen molar-refractivity contribution in [2.45, 2.75) is 46.1 Å². The van der Waals surface area contributed by atoms with E-state index < -0.39 is 0 Å². The Hall–Kier alpha value is -1.01. The van der Waals surface area contributed by atoms with Crippen LogP contribution in [0.2, 0.25) is 0 Å². The Bertz CT molecular complexity index is 434. The van der Waals surface area contributed by atoms with Crippen molar-refractivity contribution >= 4 is 22.4 Å². The number of aryl methyl sites for hydroxylation is 1. The normalized spacial score (nSPS) is 22.2. The summed E-state index contributed by atoms with van der Waals surface area (Å²) in [5.41, 5.74) is 0. The Morgan fingerprint density at radius 3 is 3.00 bits per heavy atom. The second kappa shape index (κ2) is 6.43. The van der Waals surface area contributed by atoms with Crippen molar-refractivity contribution in [1.82, 2.24) is 15.1 Å². The average molecular weight is 282 g/mol. The third kappa shape index (κ3) is 3.73. The maximum absolute atomic E-state index is 12.2. The van der Waals surface area contributed by atoms with Crippen molar-refractivity contribution in [3.63, 3.8) is 0 Å². The minimum Gasteiger partial charge on any atom is -0.299 e. The molecule has 19 heavy (non-hydrogen) atoms. The van der Waals surface area contributed by atoms with Crippen LogP contribution in [0, 0.1) is 5.92 Å². The van der Waals surface area contributed by atoms with Crippen molar-refractivity contribution < 1.29 is 4.79 Å². The molecule has 1 N–H and O–H groups in total. The lowest BCUT2D eigenvalue weighted by Gasteiger charge is -2.34. The first-order valence-corrected chi connectivity index (χ1v) is 7.79. The maximum Gasteiger partial charge on any atom is 0.243 e. The first-order valence-electron chi connectivity index (χ1n) is 6.97. The van der Waals surface area contributed by atoms with Gasteiger partial charge in [-0.1, -0.05) is 25.2 Å². The van der Waals surface area contributed by atoms with Gasteiger partial charge in [0.25, 0.3) is 0 Å². The first kappa shape index (κ1) is 14.4. The summed E-state index contributed by atoms with van der Waals surface area (Å²) in [6.07, 6.45) is 3.30. The molecule has 0 aliphatic carbocycles. The van der Waals surface area contributed by atoms with Gasteiger partial charge in [0.1, 0.15) is 5.01 Å². The zero-order valence-corrected chi connectivity index (χ0v) is 12.7. The second-order valence-corrected chi connectivity index (χ2v) is 6.32. The smallest absolute Gasteiger partial charge is 0.243 e. The van der Waals surface area contributed by atoms with Crippen LogP contribution in [-0.2, 0) is 11.2 Å². The Labute approximate surface area is 118 Å². The molecular formula is C13H22N4OS. The molecule has 0 aromatic carbocycles. The lowest BCUT2D eigenvalue weighted by Crippen LogP contribution is -2.46. The number of carbonyl (C=O) groups excluding carboxylic acids is 1. The van der Waals surface area contributed by atoms with Gasteiger partial charge in [-0.3, -0.25) is 15.0 Å². The number of hydrogen-bond acceptors (Lipinski definition) is 5. The van der Waals surface area contributed by atoms with E-state index >= 15 is 0 Å². The van der Waals surface area contributed by atoms with Gasteiger partial charge in [0.05, 0.1) is 6.04 Å². The van der Waals surface area contributed by atoms with Crippen LogP contribution in [0.4, 0.5) is 5.13 Å². The van der Waals surface area contributed by atoms with E-state index in [0.717, 1.165) is 24.5 Å². The molecule has 0 saturated carbocycles. The van der Waals surface area contributed by atoms with Gasteiger partial charge < -0.3 is 0 Å². The predicted octanol–water partition coefficient (Wildman–Crippen LogP) is 2.16. The molecule has 2 rings (SSSR count). The SMILES string of the molecule is CCc1nnc(NC(=O)[C@H](C)N2CCC[C@@H](C)C2)s1. The number of aromatic nitrogens is 2. The van der Waals surface area contributed by atoms with Crippen LogP contribution in [-0.4, -0.2) is 40.1 Å². The Kier molecular flexibility index (Phi) is 4.87. The topological polar surface area (TPSA) is 58.1 Å². The van der Waals surface area contributed by atoms with Crippen molar-refractivity contribution in [2.24, 2.45) is 5.92 Å². The van der Waals surface area contributed by atoms with Crippen LogP contribution < -0.4 is 5.32 Å². The highest BCUT2D eigenvalue weighted by Gasteiger charge is 2.26. The van der Waals surface area contributed by atoms with E-state index in [1.165, 1.54) is 24.2 Å². The van der Waals surface area contributed by atoms with Gasteiger partial charge in [0.15, 0.2) is 0 Å². The fourth-order valence-electron chi connectivity index (χ4n) is 2.40. The summed E-state index contributed by atoms with van der Waals surface area (Å²) in [4.78, 5) is 14.5. The third-order valence-corrected chi connectivity index (χ3v) is 4.60. The molecule has 2 heterocycles. The molecule has 6 heteroatoms. The van der Waals surface area contributed by atoms with E-state index in [9.17, 15) is 4.79 Å². The predicted molar refractivity (Wildman–Crippen MR) is 77.3 cm³/mol. The molecule has 1 fully saturated rings. The molecule has 5 nitrogen and oxygen atoms in total. The van der Waals surface area contributed by atoms with Gasteiger partial charge in [-0.2, -0.15) is 0 Å². The van der Waals surface area contributed by atoms with Gasteiger partial charge in [0.2, 0.25) is 11.0 Å². The zero-order chi connectivity index (χ0) is 13.8. The number of hydrogen-bond donors (Lipinski definition) is 1. The van der Waals surface area contributed by atoms with Gasteiger partial charge >= 0.3 is 0 Å². The van der Waals surface area contributed by atoms with Crippen molar-refractivity contribution in [2.75, 3.05) is 18.4 Å². The summed E-state index contributed by atoms with van der Waals surface area (Å²) in [5.74, 6) is 0.699. The minimum atomic E-state index is -0.100. The molecule has 0 unspecified atom stereocenters. The van der Waals surface area contributed by atoms with Crippen LogP contribution in [0.25, 0.3) is 0 Å². The highest BCUT2D eigenvalue weighted by Crippen LogP contribution is 2.20. The lowest BCUT2D eigenvalue weighted by atomic mass is 9.99. The van der Waals surface area contributed by atoms with Gasteiger partial charge in [-0.25, -0.2) is 0 Å². The van der Waals surface area contributed by atoms with E-state index in [4.69, 9.17) is 0 Å². The Morgan fingerprint density at radius 1 is 1.58 bits per heavy atom. The standard InChI is InChI=1S/C13H22N4OS/c1-4-11-15-16-13(19-11)14-12(18)10(3)17-7-5-6-9(2)8-17/h9-10H,4-8H2,1-3H3,(H,14,16,18)/t9-,10+/m1/s1. The van der Waals surface area contributed by atoms with E-state index in [-0.39, 0.29) is 11.9 Å². The molecule has 0 radical (unpaired) electrons. The number of amides is 1. The summed E-state index contributed by atoms with van der Waals surface area (Å²) in [5, 5.41) is 12.4. The molecule has 1 saturated heterocycles. The number of likely N-dealkylation sites (tertiary alicyclic amines) is 1. The second-order valence-electron chi connectivity index (χ2n) is 5.26. The summed E-state index contributed by atoms with van der Waals surface area (Å²) in [6, 6.07) is -0.100. The molecule has 0 spiro atoms. The average Bonchev–Trinajstić information content (AvgIpc) is 2.85. The fraction of sp³-hybridized carbons (Fsp3) is 0.769. The van der Waals surface area contributed by atoms with E-state index in [1.54, 1.807) is 0 Å². The Balaban J connectivity index is 1.91. The fourth-order valence-corrected chi connectivity index (χ4v) is 3.08. The highest BCUT2D eigenvalue weighted by atomic mass is 32.1. The van der Waals surface area contributed by atoms with Crippen molar-refractivity contribution in [3.05, 3.63) is 5.01 Å². The molecule has 1 aliphatic rings. The molecular weight excluding hydrogens is 260 g/mol. The number of anilines is 1. The molecule has 1 aliphatic heterocycles. The number of rotatable bonds is 4. The van der Waals surface area contributed by atoms with Gasteiger partial charge in [-0.15, -0.1) is 10.2 Å². The zero-order valence-electron chi connectivity index (χ0n) is 11.8. The monoisotopic (exact) mass is 282 g/mol. The van der Waals surface area contributed by atoms with Crippen LogP contribution in [0.5, 0.6) is 0 Å². The van der Waals surface area contributed by atoms with Crippen molar-refractivity contribution in [3.8, 4) is 0 Å². The van der Waals surface area contributed by atoms with Gasteiger partial charge in [0, 0.05) is 6.54 Å². The van der Waals surface area contributed by atoms with Crippen LogP contribution >= 0.6 is 11.3 Å². The third-order valence-electron chi connectivity index (χ3n) is 3.62. The highest BCUT2D eigenvalue weighted by molar-refractivity contribution is 7.15. The van der Waals surface area contributed by atoms with E-state index in [2.05, 4.69) is 27.3 Å². The molecule has 0 bridgehead atoms. The quantitative estimate of drug-likeness (QED) is 0.919. The maximum atomic E-state index is 12.2. The van der Waals surface area contributed by atoms with Crippen LogP contribution in [0.1, 0.15) is 38.6 Å². The van der Waals surface area contributed by atoms with E-state index in [1.807, 2.05) is 13.8 Å². The van der Waals surface area contributed by atoms with Crippen molar-refractivity contribution in [1.29, 1.82) is 0 Å². The number of nitrogens with zero attached hydrogens (tertiary/aromatic N) is 3. The largest absolute Gasteiger partial charge is 0.299 e. The number of piperidine rings is 1. The first-order chi connectivity index (χ1) is 9.10. The number of carbonyl (C=O) groups is 1. The molecule has 106 valence electrons. The van der Waals surface area contributed by atoms with Gasteiger partial charge in [-0.05, 0) is 38.6 Å². The van der Waals surface area contributed by atoms with Crippen LogP contribution in [0.15, 0.2) is 0 Å². The molecule has 1 aromatic heterocycles. The van der Waals surface area contributed by atoms with E-state index in [0.29, 0.717) is 11.0 Å². The van der Waals surface area contributed by atoms with Crippen LogP contribution in [0.3, 0.4) is 0 Å². The lowest BCUT2D eigenvalue weighted by molar-refractivity contribution is -0.121. The molecule has 2 atom stereocenters.